The molecule has 1 atom stereocenters. The van der Waals surface area contributed by atoms with E-state index in [-0.39, 0.29) is 11.4 Å². The van der Waals surface area contributed by atoms with Crippen LogP contribution in [0.2, 0.25) is 0 Å². The van der Waals surface area contributed by atoms with E-state index in [0.29, 0.717) is 5.88 Å². The van der Waals surface area contributed by atoms with Gasteiger partial charge in [-0.05, 0) is 38.8 Å². The number of thiophene rings is 1. The van der Waals surface area contributed by atoms with Gasteiger partial charge in [-0.25, -0.2) is 0 Å². The van der Waals surface area contributed by atoms with Gasteiger partial charge in [-0.15, -0.1) is 22.9 Å². The van der Waals surface area contributed by atoms with Crippen LogP contribution in [0, 0.1) is 13.8 Å². The average molecular weight is 260 g/mol. The molecule has 1 N–H and O–H groups in total. The Hall–Kier alpha value is -0.540. The first kappa shape index (κ1) is 13.5. The molecule has 1 aromatic heterocycles. The summed E-state index contributed by atoms with van der Waals surface area (Å²) in [4.78, 5) is 13.9. The van der Waals surface area contributed by atoms with Crippen LogP contribution >= 0.6 is 22.9 Å². The van der Waals surface area contributed by atoms with Crippen LogP contribution in [0.1, 0.15) is 40.4 Å². The Morgan fingerprint density at radius 1 is 1.56 bits per heavy atom. The maximum Gasteiger partial charge on any atom is 0.261 e. The maximum atomic E-state index is 12.0. The number of hydrogen-bond donors (Lipinski definition) is 1. The summed E-state index contributed by atoms with van der Waals surface area (Å²) >= 11 is 7.39. The number of amides is 1. The van der Waals surface area contributed by atoms with E-state index in [1.54, 1.807) is 0 Å². The Morgan fingerprint density at radius 3 is 2.56 bits per heavy atom. The SMILES string of the molecule is CCC(C)(CCl)NC(=O)c1cc(C)c(C)s1. The molecule has 0 aliphatic carbocycles. The molecule has 4 heteroatoms. The van der Waals surface area contributed by atoms with Crippen LogP contribution in [0.25, 0.3) is 0 Å². The Labute approximate surface area is 106 Å². The first-order valence-electron chi connectivity index (χ1n) is 5.37. The third-order valence-corrected chi connectivity index (χ3v) is 4.62. The van der Waals surface area contributed by atoms with Crippen LogP contribution in [-0.4, -0.2) is 17.3 Å². The molecule has 0 radical (unpaired) electrons. The molecular formula is C12H18ClNOS. The highest BCUT2D eigenvalue weighted by molar-refractivity contribution is 7.14. The Balaban J connectivity index is 2.80. The van der Waals surface area contributed by atoms with Gasteiger partial charge in [-0.2, -0.15) is 0 Å². The van der Waals surface area contributed by atoms with Crippen molar-refractivity contribution >= 4 is 28.8 Å². The van der Waals surface area contributed by atoms with Gasteiger partial charge in [0, 0.05) is 10.8 Å². The molecule has 0 saturated carbocycles. The number of rotatable bonds is 4. The van der Waals surface area contributed by atoms with Crippen molar-refractivity contribution in [1.29, 1.82) is 0 Å². The smallest absolute Gasteiger partial charge is 0.261 e. The summed E-state index contributed by atoms with van der Waals surface area (Å²) in [5, 5.41) is 2.99. The fourth-order valence-electron chi connectivity index (χ4n) is 1.24. The number of carbonyl (C=O) groups is 1. The number of carbonyl (C=O) groups excluding carboxylic acids is 1. The summed E-state index contributed by atoms with van der Waals surface area (Å²) in [5.41, 5.74) is 0.851. The second-order valence-corrected chi connectivity index (χ2v) is 5.88. The first-order chi connectivity index (χ1) is 7.41. The maximum absolute atomic E-state index is 12.0. The fraction of sp³-hybridized carbons (Fsp3) is 0.583. The van der Waals surface area contributed by atoms with E-state index in [1.165, 1.54) is 21.8 Å². The molecule has 1 rings (SSSR count). The largest absolute Gasteiger partial charge is 0.345 e. The van der Waals surface area contributed by atoms with Crippen LogP contribution in [-0.2, 0) is 0 Å². The molecule has 0 fully saturated rings. The highest BCUT2D eigenvalue weighted by Crippen LogP contribution is 2.21. The van der Waals surface area contributed by atoms with Gasteiger partial charge in [0.15, 0.2) is 0 Å². The van der Waals surface area contributed by atoms with Crippen LogP contribution in [0.15, 0.2) is 6.07 Å². The second-order valence-electron chi connectivity index (χ2n) is 4.35. The Kier molecular flexibility index (Phi) is 4.39. The standard InChI is InChI=1S/C12H18ClNOS/c1-5-12(4,7-13)14-11(15)10-6-8(2)9(3)16-10/h6H,5,7H2,1-4H3,(H,14,15). The van der Waals surface area contributed by atoms with Crippen LogP contribution in [0.4, 0.5) is 0 Å². The minimum absolute atomic E-state index is 0.0220. The summed E-state index contributed by atoms with van der Waals surface area (Å²) in [6.45, 7) is 8.03. The van der Waals surface area contributed by atoms with E-state index in [1.807, 2.05) is 33.8 Å². The predicted octanol–water partition coefficient (Wildman–Crippen LogP) is 3.50. The number of alkyl halides is 1. The van der Waals surface area contributed by atoms with Crippen molar-refractivity contribution in [2.24, 2.45) is 0 Å². The third kappa shape index (κ3) is 2.98. The summed E-state index contributed by atoms with van der Waals surface area (Å²) in [6, 6.07) is 1.93. The van der Waals surface area contributed by atoms with Crippen molar-refractivity contribution in [3.8, 4) is 0 Å². The third-order valence-electron chi connectivity index (χ3n) is 2.88. The van der Waals surface area contributed by atoms with Gasteiger partial charge in [0.05, 0.1) is 10.4 Å². The lowest BCUT2D eigenvalue weighted by molar-refractivity contribution is 0.0916. The van der Waals surface area contributed by atoms with E-state index >= 15 is 0 Å². The number of aryl methyl sites for hydroxylation is 2. The molecule has 0 aromatic carbocycles. The van der Waals surface area contributed by atoms with Crippen molar-refractivity contribution in [2.45, 2.75) is 39.7 Å². The molecule has 90 valence electrons. The quantitative estimate of drug-likeness (QED) is 0.824. The fourth-order valence-corrected chi connectivity index (χ4v) is 2.42. The zero-order valence-electron chi connectivity index (χ0n) is 10.2. The van der Waals surface area contributed by atoms with Gasteiger partial charge < -0.3 is 5.32 Å². The van der Waals surface area contributed by atoms with Crippen molar-refractivity contribution in [2.75, 3.05) is 5.88 Å². The van der Waals surface area contributed by atoms with Crippen molar-refractivity contribution in [3.63, 3.8) is 0 Å². The van der Waals surface area contributed by atoms with Gasteiger partial charge in [-0.1, -0.05) is 6.92 Å². The minimum atomic E-state index is -0.315. The molecule has 2 nitrogen and oxygen atoms in total. The van der Waals surface area contributed by atoms with Crippen molar-refractivity contribution in [1.82, 2.24) is 5.32 Å². The van der Waals surface area contributed by atoms with Crippen LogP contribution < -0.4 is 5.32 Å². The van der Waals surface area contributed by atoms with E-state index in [4.69, 9.17) is 11.6 Å². The first-order valence-corrected chi connectivity index (χ1v) is 6.72. The Bertz CT molecular complexity index is 363. The highest BCUT2D eigenvalue weighted by atomic mass is 35.5. The van der Waals surface area contributed by atoms with Crippen molar-refractivity contribution in [3.05, 3.63) is 21.4 Å². The summed E-state index contributed by atoms with van der Waals surface area (Å²) in [5.74, 6) is 0.407. The average Bonchev–Trinajstić information content (AvgIpc) is 2.59. The lowest BCUT2D eigenvalue weighted by Gasteiger charge is -2.26. The van der Waals surface area contributed by atoms with Gasteiger partial charge in [0.1, 0.15) is 0 Å². The van der Waals surface area contributed by atoms with Crippen LogP contribution in [0.5, 0.6) is 0 Å². The Morgan fingerprint density at radius 2 is 2.19 bits per heavy atom. The van der Waals surface area contributed by atoms with Gasteiger partial charge in [0.25, 0.3) is 5.91 Å². The molecule has 1 unspecified atom stereocenters. The normalized spacial score (nSPS) is 14.6. The van der Waals surface area contributed by atoms with E-state index in [9.17, 15) is 4.79 Å². The van der Waals surface area contributed by atoms with Crippen LogP contribution in [0.3, 0.4) is 0 Å². The lowest BCUT2D eigenvalue weighted by Crippen LogP contribution is -2.46. The summed E-state index contributed by atoms with van der Waals surface area (Å²) < 4.78 is 0. The summed E-state index contributed by atoms with van der Waals surface area (Å²) in [7, 11) is 0. The van der Waals surface area contributed by atoms with E-state index in [2.05, 4.69) is 5.32 Å². The predicted molar refractivity (Wildman–Crippen MR) is 70.7 cm³/mol. The second kappa shape index (κ2) is 5.19. The lowest BCUT2D eigenvalue weighted by atomic mass is 10.0. The molecule has 16 heavy (non-hydrogen) atoms. The zero-order valence-corrected chi connectivity index (χ0v) is 11.8. The number of nitrogens with one attached hydrogen (secondary N) is 1. The number of hydrogen-bond acceptors (Lipinski definition) is 2. The van der Waals surface area contributed by atoms with Gasteiger partial charge in [0.2, 0.25) is 0 Å². The molecule has 1 aromatic rings. The molecule has 0 spiro atoms. The summed E-state index contributed by atoms with van der Waals surface area (Å²) in [6.07, 6.45) is 0.825. The topological polar surface area (TPSA) is 29.1 Å². The van der Waals surface area contributed by atoms with E-state index in [0.717, 1.165) is 11.3 Å². The van der Waals surface area contributed by atoms with Gasteiger partial charge >= 0.3 is 0 Å². The number of halogens is 1. The molecule has 0 aliphatic heterocycles. The monoisotopic (exact) mass is 259 g/mol. The molecule has 0 aliphatic rings. The molecule has 0 bridgehead atoms. The van der Waals surface area contributed by atoms with Gasteiger partial charge in [-0.3, -0.25) is 4.79 Å². The molecule has 0 saturated heterocycles. The zero-order chi connectivity index (χ0) is 12.3. The highest BCUT2D eigenvalue weighted by Gasteiger charge is 2.24. The molecular weight excluding hydrogens is 242 g/mol. The van der Waals surface area contributed by atoms with E-state index < -0.39 is 0 Å². The minimum Gasteiger partial charge on any atom is -0.345 e. The molecule has 1 heterocycles. The van der Waals surface area contributed by atoms with Crippen molar-refractivity contribution < 1.29 is 4.79 Å². The molecule has 1 amide bonds.